The molecule has 1 aliphatic rings. The number of rotatable bonds is 4. The number of hydrogen-bond donors (Lipinski definition) is 1. The number of amides is 1. The molecule has 2 heterocycles. The first kappa shape index (κ1) is 13.7. The van der Waals surface area contributed by atoms with Crippen LogP contribution in [0, 0.1) is 5.92 Å². The number of nitrogens with one attached hydrogen (secondary N) is 1. The second-order valence-corrected chi connectivity index (χ2v) is 5.31. The van der Waals surface area contributed by atoms with Crippen LogP contribution in [-0.2, 0) is 11.3 Å². The molecular formula is C13H18N4OS. The van der Waals surface area contributed by atoms with Crippen LogP contribution in [0.25, 0.3) is 6.08 Å². The minimum Gasteiger partial charge on any atom is -0.328 e. The zero-order valence-electron chi connectivity index (χ0n) is 11.4. The molecular weight excluding hydrogens is 260 g/mol. The van der Waals surface area contributed by atoms with Gasteiger partial charge in [-0.2, -0.15) is 5.10 Å². The van der Waals surface area contributed by atoms with Crippen molar-refractivity contribution in [1.29, 1.82) is 0 Å². The first-order valence-electron chi connectivity index (χ1n) is 6.38. The van der Waals surface area contributed by atoms with E-state index in [1.54, 1.807) is 17.2 Å². The van der Waals surface area contributed by atoms with E-state index in [4.69, 9.17) is 12.2 Å². The third kappa shape index (κ3) is 3.01. The second-order valence-electron chi connectivity index (χ2n) is 4.93. The molecule has 1 saturated heterocycles. The third-order valence-electron chi connectivity index (χ3n) is 2.80. The van der Waals surface area contributed by atoms with Crippen LogP contribution in [0.1, 0.15) is 26.3 Å². The molecule has 19 heavy (non-hydrogen) atoms. The van der Waals surface area contributed by atoms with Crippen LogP contribution in [0.4, 0.5) is 0 Å². The van der Waals surface area contributed by atoms with Crippen molar-refractivity contribution in [2.24, 2.45) is 5.92 Å². The molecule has 1 aromatic rings. The summed E-state index contributed by atoms with van der Waals surface area (Å²) in [6, 6.07) is 0. The van der Waals surface area contributed by atoms with Crippen molar-refractivity contribution in [3.63, 3.8) is 0 Å². The lowest BCUT2D eigenvalue weighted by atomic mass is 10.2. The van der Waals surface area contributed by atoms with Crippen LogP contribution in [0.15, 0.2) is 18.1 Å². The maximum atomic E-state index is 12.2. The summed E-state index contributed by atoms with van der Waals surface area (Å²) in [5.74, 6) is 0.314. The van der Waals surface area contributed by atoms with Crippen LogP contribution in [0.2, 0.25) is 0 Å². The molecule has 1 aromatic heterocycles. The van der Waals surface area contributed by atoms with Gasteiger partial charge in [-0.1, -0.05) is 13.8 Å². The molecule has 1 fully saturated rings. The molecule has 0 aliphatic carbocycles. The normalized spacial score (nSPS) is 17.7. The Morgan fingerprint density at radius 2 is 2.26 bits per heavy atom. The Hall–Kier alpha value is -1.69. The Morgan fingerprint density at radius 1 is 1.53 bits per heavy atom. The molecule has 6 heteroatoms. The molecule has 0 atom stereocenters. The van der Waals surface area contributed by atoms with Crippen molar-refractivity contribution < 1.29 is 4.79 Å². The zero-order valence-corrected chi connectivity index (χ0v) is 12.2. The summed E-state index contributed by atoms with van der Waals surface area (Å²) >= 11 is 5.19. The minimum atomic E-state index is -0.0667. The maximum absolute atomic E-state index is 12.2. The van der Waals surface area contributed by atoms with E-state index in [1.807, 2.05) is 17.8 Å². The highest BCUT2D eigenvalue weighted by Crippen LogP contribution is 2.15. The summed E-state index contributed by atoms with van der Waals surface area (Å²) in [4.78, 5) is 13.8. The standard InChI is InChI=1S/C13H18N4OS/c1-4-16-8-10(6-14-16)5-11-12(18)17(7-9(2)3)13(19)15-11/h5-6,8-9H,4,7H2,1-3H3,(H,15,19)/b11-5+. The number of aromatic nitrogens is 2. The highest BCUT2D eigenvalue weighted by Gasteiger charge is 2.30. The lowest BCUT2D eigenvalue weighted by molar-refractivity contribution is -0.122. The van der Waals surface area contributed by atoms with Crippen LogP contribution in [0.3, 0.4) is 0 Å². The molecule has 0 radical (unpaired) electrons. The van der Waals surface area contributed by atoms with E-state index in [2.05, 4.69) is 24.3 Å². The molecule has 0 bridgehead atoms. The summed E-state index contributed by atoms with van der Waals surface area (Å²) in [7, 11) is 0. The average molecular weight is 278 g/mol. The van der Waals surface area contributed by atoms with Crippen molar-refractivity contribution in [3.8, 4) is 0 Å². The van der Waals surface area contributed by atoms with E-state index in [-0.39, 0.29) is 5.91 Å². The van der Waals surface area contributed by atoms with E-state index < -0.39 is 0 Å². The summed E-state index contributed by atoms with van der Waals surface area (Å²) < 4.78 is 1.82. The fourth-order valence-electron chi connectivity index (χ4n) is 1.90. The topological polar surface area (TPSA) is 50.2 Å². The van der Waals surface area contributed by atoms with Gasteiger partial charge < -0.3 is 5.32 Å². The zero-order chi connectivity index (χ0) is 14.0. The molecule has 1 N–H and O–H groups in total. The smallest absolute Gasteiger partial charge is 0.276 e. The molecule has 1 amide bonds. The van der Waals surface area contributed by atoms with Gasteiger partial charge in [0.15, 0.2) is 5.11 Å². The third-order valence-corrected chi connectivity index (χ3v) is 3.12. The van der Waals surface area contributed by atoms with Crippen LogP contribution in [0.5, 0.6) is 0 Å². The lowest BCUT2D eigenvalue weighted by Crippen LogP contribution is -2.33. The number of nitrogens with zero attached hydrogens (tertiary/aromatic N) is 3. The van der Waals surface area contributed by atoms with Gasteiger partial charge in [-0.15, -0.1) is 0 Å². The SMILES string of the molecule is CCn1cc(/C=C2/NC(=S)N(CC(C)C)C2=O)cn1. The number of carbonyl (C=O) groups is 1. The van der Waals surface area contributed by atoms with E-state index >= 15 is 0 Å². The second kappa shape index (κ2) is 5.52. The Labute approximate surface area is 118 Å². The predicted octanol–water partition coefficient (Wildman–Crippen LogP) is 1.62. The van der Waals surface area contributed by atoms with Gasteiger partial charge >= 0.3 is 0 Å². The van der Waals surface area contributed by atoms with Gasteiger partial charge in [-0.3, -0.25) is 14.4 Å². The maximum Gasteiger partial charge on any atom is 0.276 e. The largest absolute Gasteiger partial charge is 0.328 e. The minimum absolute atomic E-state index is 0.0667. The van der Waals surface area contributed by atoms with Gasteiger partial charge in [-0.25, -0.2) is 0 Å². The Balaban J connectivity index is 2.18. The fraction of sp³-hybridized carbons (Fsp3) is 0.462. The molecule has 0 unspecified atom stereocenters. The number of carbonyl (C=O) groups excluding carboxylic acids is 1. The molecule has 0 saturated carbocycles. The van der Waals surface area contributed by atoms with Crippen LogP contribution in [-0.4, -0.2) is 32.2 Å². The predicted molar refractivity (Wildman–Crippen MR) is 78.2 cm³/mol. The summed E-state index contributed by atoms with van der Waals surface area (Å²) in [5, 5.41) is 7.62. The molecule has 5 nitrogen and oxygen atoms in total. The Bertz CT molecular complexity index is 533. The van der Waals surface area contributed by atoms with Gasteiger partial charge in [0.25, 0.3) is 5.91 Å². The fourth-order valence-corrected chi connectivity index (χ4v) is 2.16. The van der Waals surface area contributed by atoms with Crippen molar-refractivity contribution in [1.82, 2.24) is 20.0 Å². The Morgan fingerprint density at radius 3 is 2.84 bits per heavy atom. The Kier molecular flexibility index (Phi) is 3.99. The van der Waals surface area contributed by atoms with Crippen LogP contribution < -0.4 is 5.32 Å². The average Bonchev–Trinajstić information content (AvgIpc) is 2.90. The summed E-state index contributed by atoms with van der Waals surface area (Å²) in [6.45, 7) is 7.58. The van der Waals surface area contributed by atoms with Gasteiger partial charge in [0.1, 0.15) is 5.70 Å². The van der Waals surface area contributed by atoms with Gasteiger partial charge in [0.2, 0.25) is 0 Å². The quantitative estimate of drug-likeness (QED) is 0.671. The highest BCUT2D eigenvalue weighted by molar-refractivity contribution is 7.80. The van der Waals surface area contributed by atoms with E-state index in [0.717, 1.165) is 12.1 Å². The summed E-state index contributed by atoms with van der Waals surface area (Å²) in [6.07, 6.45) is 5.42. The van der Waals surface area contributed by atoms with Crippen molar-refractivity contribution in [3.05, 3.63) is 23.7 Å². The molecule has 0 aromatic carbocycles. The molecule has 2 rings (SSSR count). The van der Waals surface area contributed by atoms with E-state index in [1.165, 1.54) is 0 Å². The number of aryl methyl sites for hydroxylation is 1. The van der Waals surface area contributed by atoms with Gasteiger partial charge in [0.05, 0.1) is 6.20 Å². The van der Waals surface area contributed by atoms with Crippen molar-refractivity contribution in [2.75, 3.05) is 6.54 Å². The number of thiocarbonyl (C=S) groups is 1. The van der Waals surface area contributed by atoms with Crippen LogP contribution >= 0.6 is 12.2 Å². The highest BCUT2D eigenvalue weighted by atomic mass is 32.1. The molecule has 1 aliphatic heterocycles. The number of hydrogen-bond acceptors (Lipinski definition) is 3. The molecule has 0 spiro atoms. The molecule has 102 valence electrons. The first-order valence-corrected chi connectivity index (χ1v) is 6.79. The van der Waals surface area contributed by atoms with E-state index in [0.29, 0.717) is 23.3 Å². The lowest BCUT2D eigenvalue weighted by Gasteiger charge is -2.15. The first-order chi connectivity index (χ1) is 9.01. The van der Waals surface area contributed by atoms with E-state index in [9.17, 15) is 4.79 Å². The van der Waals surface area contributed by atoms with Gasteiger partial charge in [0, 0.05) is 24.8 Å². The van der Waals surface area contributed by atoms with Crippen molar-refractivity contribution >= 4 is 29.3 Å². The van der Waals surface area contributed by atoms with Crippen molar-refractivity contribution in [2.45, 2.75) is 27.3 Å². The summed E-state index contributed by atoms with van der Waals surface area (Å²) in [5.41, 5.74) is 1.41. The van der Waals surface area contributed by atoms with Gasteiger partial charge in [-0.05, 0) is 31.1 Å². The monoisotopic (exact) mass is 278 g/mol.